The molecule has 0 saturated carbocycles. The molecule has 2 rings (SSSR count). The molecule has 1 aliphatic heterocycles. The van der Waals surface area contributed by atoms with Crippen LogP contribution in [0.3, 0.4) is 0 Å². The molecule has 0 aromatic heterocycles. The van der Waals surface area contributed by atoms with Crippen LogP contribution in [-0.2, 0) is 4.79 Å². The largest absolute Gasteiger partial charge is 0.399 e. The van der Waals surface area contributed by atoms with Crippen molar-refractivity contribution in [1.82, 2.24) is 0 Å². The Balaban J connectivity index is 2.35. The predicted molar refractivity (Wildman–Crippen MR) is 67.9 cm³/mol. The second kappa shape index (κ2) is 4.37. The van der Waals surface area contributed by atoms with Crippen LogP contribution in [0.2, 0.25) is 0 Å². The lowest BCUT2D eigenvalue weighted by molar-refractivity contribution is -0.117. The number of aliphatic hydroxyl groups is 1. The smallest absolute Gasteiger partial charge is 0.227 e. The molecule has 17 heavy (non-hydrogen) atoms. The highest BCUT2D eigenvalue weighted by atomic mass is 16.3. The van der Waals surface area contributed by atoms with Crippen molar-refractivity contribution in [3.05, 3.63) is 23.3 Å². The van der Waals surface area contributed by atoms with Crippen molar-refractivity contribution in [3.8, 4) is 0 Å². The summed E-state index contributed by atoms with van der Waals surface area (Å²) in [5, 5.41) is 9.12. The summed E-state index contributed by atoms with van der Waals surface area (Å²) < 4.78 is 0. The number of hydrogen-bond donors (Lipinski definition) is 2. The van der Waals surface area contributed by atoms with Crippen molar-refractivity contribution in [2.24, 2.45) is 5.92 Å². The van der Waals surface area contributed by atoms with Crippen molar-refractivity contribution in [2.75, 3.05) is 23.8 Å². The molecular weight excluding hydrogens is 216 g/mol. The molecule has 0 radical (unpaired) electrons. The molecule has 1 unspecified atom stereocenters. The van der Waals surface area contributed by atoms with E-state index in [-0.39, 0.29) is 18.4 Å². The summed E-state index contributed by atoms with van der Waals surface area (Å²) in [6.07, 6.45) is 0.430. The monoisotopic (exact) mass is 234 g/mol. The van der Waals surface area contributed by atoms with Crippen LogP contribution in [0.25, 0.3) is 0 Å². The van der Waals surface area contributed by atoms with E-state index in [1.807, 2.05) is 26.0 Å². The van der Waals surface area contributed by atoms with Crippen LogP contribution in [0, 0.1) is 19.8 Å². The van der Waals surface area contributed by atoms with Gasteiger partial charge in [-0.2, -0.15) is 0 Å². The second-order valence-corrected chi connectivity index (χ2v) is 4.75. The lowest BCUT2D eigenvalue weighted by Crippen LogP contribution is -2.25. The maximum Gasteiger partial charge on any atom is 0.227 e. The van der Waals surface area contributed by atoms with Crippen molar-refractivity contribution >= 4 is 17.3 Å². The topological polar surface area (TPSA) is 66.6 Å². The molecule has 1 aliphatic rings. The van der Waals surface area contributed by atoms with E-state index >= 15 is 0 Å². The molecule has 1 amide bonds. The summed E-state index contributed by atoms with van der Waals surface area (Å²) in [5.74, 6) is 0.135. The SMILES string of the molecule is Cc1cc(N2CC(CO)CC2=O)c(C)cc1N. The van der Waals surface area contributed by atoms with E-state index in [2.05, 4.69) is 0 Å². The molecule has 1 aromatic carbocycles. The van der Waals surface area contributed by atoms with Gasteiger partial charge < -0.3 is 15.7 Å². The fourth-order valence-corrected chi connectivity index (χ4v) is 2.25. The molecule has 4 heteroatoms. The van der Waals surface area contributed by atoms with Gasteiger partial charge in [-0.05, 0) is 37.1 Å². The van der Waals surface area contributed by atoms with E-state index in [0.29, 0.717) is 13.0 Å². The molecular formula is C13H18N2O2. The van der Waals surface area contributed by atoms with Crippen LogP contribution in [0.1, 0.15) is 17.5 Å². The molecule has 1 saturated heterocycles. The van der Waals surface area contributed by atoms with Gasteiger partial charge in [0.2, 0.25) is 5.91 Å². The van der Waals surface area contributed by atoms with E-state index in [0.717, 1.165) is 22.5 Å². The van der Waals surface area contributed by atoms with E-state index in [4.69, 9.17) is 10.8 Å². The molecule has 1 aromatic rings. The van der Waals surface area contributed by atoms with Crippen LogP contribution in [-0.4, -0.2) is 24.2 Å². The summed E-state index contributed by atoms with van der Waals surface area (Å²) in [6, 6.07) is 3.84. The summed E-state index contributed by atoms with van der Waals surface area (Å²) >= 11 is 0. The number of hydrogen-bond acceptors (Lipinski definition) is 3. The van der Waals surface area contributed by atoms with Crippen molar-refractivity contribution < 1.29 is 9.90 Å². The number of nitrogens with zero attached hydrogens (tertiary/aromatic N) is 1. The maximum absolute atomic E-state index is 11.9. The van der Waals surface area contributed by atoms with Crippen molar-refractivity contribution in [1.29, 1.82) is 0 Å². The third-order valence-electron chi connectivity index (χ3n) is 3.34. The third-order valence-corrected chi connectivity index (χ3v) is 3.34. The standard InChI is InChI=1S/C13H18N2O2/c1-8-4-12(9(2)3-11(8)14)15-6-10(7-16)5-13(15)17/h3-4,10,16H,5-7,14H2,1-2H3. The first-order valence-electron chi connectivity index (χ1n) is 5.81. The Morgan fingerprint density at radius 1 is 1.41 bits per heavy atom. The van der Waals surface area contributed by atoms with Crippen LogP contribution >= 0.6 is 0 Å². The first kappa shape index (κ1) is 11.9. The zero-order chi connectivity index (χ0) is 12.6. The van der Waals surface area contributed by atoms with Gasteiger partial charge in [0.05, 0.1) is 0 Å². The van der Waals surface area contributed by atoms with Crippen molar-refractivity contribution in [3.63, 3.8) is 0 Å². The first-order chi connectivity index (χ1) is 8.02. The van der Waals surface area contributed by atoms with Crippen molar-refractivity contribution in [2.45, 2.75) is 20.3 Å². The summed E-state index contributed by atoms with van der Waals surface area (Å²) in [7, 11) is 0. The molecule has 4 nitrogen and oxygen atoms in total. The molecule has 0 bridgehead atoms. The molecule has 1 fully saturated rings. The molecule has 1 atom stereocenters. The van der Waals surface area contributed by atoms with Gasteiger partial charge in [0, 0.05) is 36.9 Å². The number of rotatable bonds is 2. The molecule has 1 heterocycles. The lowest BCUT2D eigenvalue weighted by atomic mass is 10.1. The highest BCUT2D eigenvalue weighted by Gasteiger charge is 2.30. The quantitative estimate of drug-likeness (QED) is 0.756. The van der Waals surface area contributed by atoms with E-state index in [1.165, 1.54) is 0 Å². The highest BCUT2D eigenvalue weighted by Crippen LogP contribution is 2.30. The fourth-order valence-electron chi connectivity index (χ4n) is 2.25. The van der Waals surface area contributed by atoms with Gasteiger partial charge >= 0.3 is 0 Å². The number of amides is 1. The molecule has 0 aliphatic carbocycles. The van der Waals surface area contributed by atoms with Crippen LogP contribution in [0.5, 0.6) is 0 Å². The van der Waals surface area contributed by atoms with Crippen LogP contribution in [0.4, 0.5) is 11.4 Å². The molecule has 92 valence electrons. The van der Waals surface area contributed by atoms with Gasteiger partial charge in [-0.25, -0.2) is 0 Å². The Kier molecular flexibility index (Phi) is 3.07. The summed E-state index contributed by atoms with van der Waals surface area (Å²) in [5.41, 5.74) is 9.47. The minimum atomic E-state index is 0.0553. The maximum atomic E-state index is 11.9. The number of aryl methyl sites for hydroxylation is 2. The summed E-state index contributed by atoms with van der Waals surface area (Å²) in [6.45, 7) is 4.54. The first-order valence-corrected chi connectivity index (χ1v) is 5.81. The van der Waals surface area contributed by atoms with E-state index in [9.17, 15) is 4.79 Å². The summed E-state index contributed by atoms with van der Waals surface area (Å²) in [4.78, 5) is 13.6. The molecule has 3 N–H and O–H groups in total. The van der Waals surface area contributed by atoms with Crippen LogP contribution < -0.4 is 10.6 Å². The van der Waals surface area contributed by atoms with Gasteiger partial charge in [0.25, 0.3) is 0 Å². The third kappa shape index (κ3) is 2.13. The lowest BCUT2D eigenvalue weighted by Gasteiger charge is -2.20. The van der Waals surface area contributed by atoms with Gasteiger partial charge in [-0.3, -0.25) is 4.79 Å². The average Bonchev–Trinajstić information content (AvgIpc) is 2.65. The number of aliphatic hydroxyl groups excluding tert-OH is 1. The van der Waals surface area contributed by atoms with E-state index < -0.39 is 0 Å². The minimum Gasteiger partial charge on any atom is -0.399 e. The average molecular weight is 234 g/mol. The number of nitrogen functional groups attached to an aromatic ring is 1. The fraction of sp³-hybridized carbons (Fsp3) is 0.462. The number of anilines is 2. The van der Waals surface area contributed by atoms with Crippen LogP contribution in [0.15, 0.2) is 12.1 Å². The van der Waals surface area contributed by atoms with Gasteiger partial charge in [-0.15, -0.1) is 0 Å². The number of carbonyl (C=O) groups excluding carboxylic acids is 1. The molecule has 0 spiro atoms. The number of nitrogens with two attached hydrogens (primary N) is 1. The van der Waals surface area contributed by atoms with Gasteiger partial charge in [0.1, 0.15) is 0 Å². The Bertz CT molecular complexity index is 457. The number of carbonyl (C=O) groups is 1. The number of benzene rings is 1. The predicted octanol–water partition coefficient (Wildman–Crippen LogP) is 1.23. The van der Waals surface area contributed by atoms with Gasteiger partial charge in [-0.1, -0.05) is 0 Å². The zero-order valence-corrected chi connectivity index (χ0v) is 10.2. The van der Waals surface area contributed by atoms with E-state index in [1.54, 1.807) is 4.90 Å². The second-order valence-electron chi connectivity index (χ2n) is 4.75. The Labute approximate surface area is 101 Å². The Hall–Kier alpha value is -1.55. The highest BCUT2D eigenvalue weighted by molar-refractivity contribution is 5.96. The minimum absolute atomic E-state index is 0.0553. The Morgan fingerprint density at radius 2 is 2.12 bits per heavy atom. The van der Waals surface area contributed by atoms with Gasteiger partial charge in [0.15, 0.2) is 0 Å². The normalized spacial score (nSPS) is 20.1. The zero-order valence-electron chi connectivity index (χ0n) is 10.2. The Morgan fingerprint density at radius 3 is 2.71 bits per heavy atom.